The van der Waals surface area contributed by atoms with Crippen LogP contribution in [0.2, 0.25) is 0 Å². The number of nitro groups is 1. The molecule has 31 heavy (non-hydrogen) atoms. The number of hydrogen-bond donors (Lipinski definition) is 1. The van der Waals surface area contributed by atoms with E-state index in [9.17, 15) is 10.1 Å². The summed E-state index contributed by atoms with van der Waals surface area (Å²) in [7, 11) is 0. The third-order valence-corrected chi connectivity index (χ3v) is 6.11. The Bertz CT molecular complexity index is 922. The number of hydrazone groups is 1. The highest BCUT2D eigenvalue weighted by molar-refractivity contribution is 9.10. The van der Waals surface area contributed by atoms with E-state index in [0.29, 0.717) is 27.9 Å². The van der Waals surface area contributed by atoms with Crippen molar-refractivity contribution in [1.29, 1.82) is 0 Å². The minimum absolute atomic E-state index is 0.0103. The predicted octanol–water partition coefficient (Wildman–Crippen LogP) is 3.97. The van der Waals surface area contributed by atoms with Crippen LogP contribution in [-0.4, -0.2) is 52.3 Å². The number of anilines is 3. The Balaban J connectivity index is 1.55. The lowest BCUT2D eigenvalue weighted by atomic mass is 10.1. The zero-order valence-electron chi connectivity index (χ0n) is 17.2. The number of rotatable bonds is 6. The average molecular weight is 489 g/mol. The van der Waals surface area contributed by atoms with Gasteiger partial charge in [-0.2, -0.15) is 20.1 Å². The summed E-state index contributed by atoms with van der Waals surface area (Å²) in [6.45, 7) is 3.76. The van der Waals surface area contributed by atoms with E-state index in [0.717, 1.165) is 51.9 Å². The molecule has 0 amide bonds. The lowest BCUT2D eigenvalue weighted by Crippen LogP contribution is -2.34. The van der Waals surface area contributed by atoms with Crippen molar-refractivity contribution in [3.05, 3.63) is 38.3 Å². The topological polar surface area (TPSA) is 113 Å². The van der Waals surface area contributed by atoms with Crippen molar-refractivity contribution in [3.8, 4) is 0 Å². The molecule has 2 aromatic rings. The average Bonchev–Trinajstić information content (AvgIpc) is 2.81. The van der Waals surface area contributed by atoms with Gasteiger partial charge in [0.2, 0.25) is 17.8 Å². The van der Waals surface area contributed by atoms with Gasteiger partial charge in [0.1, 0.15) is 0 Å². The van der Waals surface area contributed by atoms with Gasteiger partial charge in [0, 0.05) is 37.8 Å². The third-order valence-electron chi connectivity index (χ3n) is 5.43. The van der Waals surface area contributed by atoms with Gasteiger partial charge in [0.25, 0.3) is 5.69 Å². The summed E-state index contributed by atoms with van der Waals surface area (Å²) in [4.78, 5) is 29.0. The van der Waals surface area contributed by atoms with Crippen molar-refractivity contribution in [2.45, 2.75) is 38.5 Å². The second kappa shape index (κ2) is 9.99. The smallest absolute Gasteiger partial charge is 0.284 e. The maximum Gasteiger partial charge on any atom is 0.284 e. The molecule has 0 bridgehead atoms. The molecule has 2 aliphatic rings. The first-order valence-electron chi connectivity index (χ1n) is 10.6. The van der Waals surface area contributed by atoms with Gasteiger partial charge >= 0.3 is 0 Å². The van der Waals surface area contributed by atoms with Crippen LogP contribution in [-0.2, 0) is 0 Å². The monoisotopic (exact) mass is 488 g/mol. The molecule has 0 atom stereocenters. The number of piperidine rings is 2. The number of aromatic nitrogens is 3. The number of benzene rings is 1. The second-order valence-corrected chi connectivity index (χ2v) is 8.55. The van der Waals surface area contributed by atoms with Crippen LogP contribution in [0.3, 0.4) is 0 Å². The Morgan fingerprint density at radius 2 is 1.55 bits per heavy atom. The largest absolute Gasteiger partial charge is 0.341 e. The molecule has 0 saturated carbocycles. The molecule has 0 spiro atoms. The van der Waals surface area contributed by atoms with E-state index in [2.05, 4.69) is 46.2 Å². The van der Waals surface area contributed by atoms with Gasteiger partial charge in [-0.25, -0.2) is 5.43 Å². The van der Waals surface area contributed by atoms with Crippen molar-refractivity contribution in [2.24, 2.45) is 5.10 Å². The van der Waals surface area contributed by atoms with Gasteiger partial charge in [0.05, 0.1) is 15.6 Å². The summed E-state index contributed by atoms with van der Waals surface area (Å²) in [5.41, 5.74) is 3.48. The Morgan fingerprint density at radius 3 is 2.10 bits per heavy atom. The fourth-order valence-electron chi connectivity index (χ4n) is 3.79. The number of hydrogen-bond acceptors (Lipinski definition) is 9. The number of halogens is 1. The minimum Gasteiger partial charge on any atom is -0.341 e. The maximum atomic E-state index is 11.1. The Labute approximate surface area is 189 Å². The molecule has 3 heterocycles. The molecular weight excluding hydrogens is 464 g/mol. The molecule has 1 N–H and O–H groups in total. The van der Waals surface area contributed by atoms with Crippen molar-refractivity contribution < 1.29 is 4.92 Å². The standard InChI is InChI=1S/C20H25BrN8O2/c21-16-8-7-15(13-17(16)29(30)31)14-22-26-18-23-19(27-9-3-1-4-10-27)25-20(24-18)28-11-5-2-6-12-28/h7-8,13-14H,1-6,9-12H2,(H,23,24,25,26)/b22-14+. The highest BCUT2D eigenvalue weighted by atomic mass is 79.9. The molecule has 11 heteroatoms. The van der Waals surface area contributed by atoms with Crippen LogP contribution in [0.15, 0.2) is 27.8 Å². The summed E-state index contributed by atoms with van der Waals surface area (Å²) in [5, 5.41) is 15.3. The van der Waals surface area contributed by atoms with Crippen molar-refractivity contribution in [2.75, 3.05) is 41.4 Å². The molecule has 2 saturated heterocycles. The van der Waals surface area contributed by atoms with E-state index in [1.807, 2.05) is 0 Å². The minimum atomic E-state index is -0.434. The van der Waals surface area contributed by atoms with E-state index >= 15 is 0 Å². The molecule has 0 radical (unpaired) electrons. The fraction of sp³-hybridized carbons (Fsp3) is 0.500. The SMILES string of the molecule is O=[N+]([O-])c1cc(/C=N/Nc2nc(N3CCCCC3)nc(N3CCCCC3)n2)ccc1Br. The summed E-state index contributed by atoms with van der Waals surface area (Å²) in [6.07, 6.45) is 8.51. The van der Waals surface area contributed by atoms with Crippen molar-refractivity contribution in [1.82, 2.24) is 15.0 Å². The van der Waals surface area contributed by atoms with E-state index in [1.54, 1.807) is 12.1 Å². The number of nitrogens with zero attached hydrogens (tertiary/aromatic N) is 7. The second-order valence-electron chi connectivity index (χ2n) is 7.69. The fourth-order valence-corrected chi connectivity index (χ4v) is 4.18. The van der Waals surface area contributed by atoms with Crippen molar-refractivity contribution in [3.63, 3.8) is 0 Å². The van der Waals surface area contributed by atoms with Crippen LogP contribution < -0.4 is 15.2 Å². The molecule has 1 aromatic heterocycles. The Kier molecular flexibility index (Phi) is 6.90. The first-order valence-corrected chi connectivity index (χ1v) is 11.4. The van der Waals surface area contributed by atoms with Crippen LogP contribution >= 0.6 is 15.9 Å². The first kappa shape index (κ1) is 21.4. The van der Waals surface area contributed by atoms with E-state index in [1.165, 1.54) is 25.1 Å². The van der Waals surface area contributed by atoms with E-state index in [-0.39, 0.29) is 5.69 Å². The molecule has 2 fully saturated rings. The Morgan fingerprint density at radius 1 is 0.968 bits per heavy atom. The molecule has 10 nitrogen and oxygen atoms in total. The zero-order chi connectivity index (χ0) is 21.6. The van der Waals surface area contributed by atoms with Gasteiger partial charge in [-0.05, 0) is 60.5 Å². The maximum absolute atomic E-state index is 11.1. The van der Waals surface area contributed by atoms with Gasteiger partial charge in [-0.15, -0.1) is 0 Å². The quantitative estimate of drug-likeness (QED) is 0.369. The lowest BCUT2D eigenvalue weighted by Gasteiger charge is -2.30. The third kappa shape index (κ3) is 5.46. The number of nitrogens with one attached hydrogen (secondary N) is 1. The molecule has 0 unspecified atom stereocenters. The summed E-state index contributed by atoms with van der Waals surface area (Å²) < 4.78 is 0.428. The lowest BCUT2D eigenvalue weighted by molar-refractivity contribution is -0.385. The molecule has 4 rings (SSSR count). The van der Waals surface area contributed by atoms with Crippen LogP contribution in [0.4, 0.5) is 23.5 Å². The summed E-state index contributed by atoms with van der Waals surface area (Å²) in [5.74, 6) is 1.72. The summed E-state index contributed by atoms with van der Waals surface area (Å²) in [6, 6.07) is 4.83. The molecule has 1 aromatic carbocycles. The molecule has 164 valence electrons. The molecular formula is C20H25BrN8O2. The van der Waals surface area contributed by atoms with Crippen molar-refractivity contribution >= 4 is 45.7 Å². The highest BCUT2D eigenvalue weighted by Crippen LogP contribution is 2.25. The van der Waals surface area contributed by atoms with E-state index < -0.39 is 4.92 Å². The zero-order valence-corrected chi connectivity index (χ0v) is 18.8. The predicted molar refractivity (Wildman–Crippen MR) is 124 cm³/mol. The Hall–Kier alpha value is -2.82. The molecule has 0 aliphatic carbocycles. The van der Waals surface area contributed by atoms with Gasteiger partial charge < -0.3 is 9.80 Å². The van der Waals surface area contributed by atoms with Crippen LogP contribution in [0.1, 0.15) is 44.1 Å². The number of nitro benzene ring substituents is 1. The van der Waals surface area contributed by atoms with Crippen LogP contribution in [0.25, 0.3) is 0 Å². The highest BCUT2D eigenvalue weighted by Gasteiger charge is 2.20. The van der Waals surface area contributed by atoms with Crippen LogP contribution in [0, 0.1) is 10.1 Å². The van der Waals surface area contributed by atoms with Gasteiger partial charge in [-0.3, -0.25) is 10.1 Å². The van der Waals surface area contributed by atoms with Crippen LogP contribution in [0.5, 0.6) is 0 Å². The van der Waals surface area contributed by atoms with E-state index in [4.69, 9.17) is 4.98 Å². The van der Waals surface area contributed by atoms with Gasteiger partial charge in [0.15, 0.2) is 0 Å². The summed E-state index contributed by atoms with van der Waals surface area (Å²) >= 11 is 3.19. The molecule has 2 aliphatic heterocycles. The normalized spacial score (nSPS) is 17.2. The first-order chi connectivity index (χ1) is 15.1. The van der Waals surface area contributed by atoms with Gasteiger partial charge in [-0.1, -0.05) is 6.07 Å².